The van der Waals surface area contributed by atoms with Crippen LogP contribution in [-0.4, -0.2) is 34.7 Å². The first-order chi connectivity index (χ1) is 11.5. The third-order valence-electron chi connectivity index (χ3n) is 4.09. The first kappa shape index (κ1) is 17.3. The largest absolute Gasteiger partial charge is 0.380 e. The number of hydrogen-bond donors (Lipinski definition) is 1. The third-order valence-corrected chi connectivity index (χ3v) is 6.48. The summed E-state index contributed by atoms with van der Waals surface area (Å²) in [7, 11) is -1.89. The van der Waals surface area contributed by atoms with E-state index in [1.165, 1.54) is 0 Å². The fraction of sp³-hybridized carbons (Fsp3) is 0.294. The van der Waals surface area contributed by atoms with Gasteiger partial charge in [-0.05, 0) is 58.7 Å². The van der Waals surface area contributed by atoms with E-state index in [1.807, 2.05) is 12.1 Å². The summed E-state index contributed by atoms with van der Waals surface area (Å²) >= 11 is 3.28. The van der Waals surface area contributed by atoms with Crippen molar-refractivity contribution in [1.29, 1.82) is 0 Å². The first-order valence-electron chi connectivity index (χ1n) is 7.65. The van der Waals surface area contributed by atoms with Gasteiger partial charge in [-0.2, -0.15) is 0 Å². The van der Waals surface area contributed by atoms with Crippen molar-refractivity contribution in [3.05, 3.63) is 53.0 Å². The number of benzene rings is 2. The smallest absolute Gasteiger partial charge is 0.263 e. The minimum atomic E-state index is -3.62. The molecule has 0 saturated carbocycles. The molecule has 2 aromatic carbocycles. The summed E-state index contributed by atoms with van der Waals surface area (Å²) in [5.74, 6) is 0. The van der Waals surface area contributed by atoms with Gasteiger partial charge in [0.25, 0.3) is 10.0 Å². The lowest BCUT2D eigenvalue weighted by molar-refractivity contribution is 0.121. The number of sulfonamides is 1. The molecular weight excluding hydrogens is 392 g/mol. The molecule has 1 aliphatic heterocycles. The molecule has 1 saturated heterocycles. The van der Waals surface area contributed by atoms with E-state index in [-0.39, 0.29) is 11.0 Å². The summed E-state index contributed by atoms with van der Waals surface area (Å²) in [5.41, 5.74) is 1.61. The van der Waals surface area contributed by atoms with Gasteiger partial charge in [-0.15, -0.1) is 0 Å². The highest BCUT2D eigenvalue weighted by molar-refractivity contribution is 9.10. The molecule has 24 heavy (non-hydrogen) atoms. The second kappa shape index (κ2) is 7.13. The Kier molecular flexibility index (Phi) is 5.12. The molecule has 0 bridgehead atoms. The van der Waals surface area contributed by atoms with Crippen LogP contribution in [0.15, 0.2) is 57.9 Å². The van der Waals surface area contributed by atoms with Crippen LogP contribution in [0.2, 0.25) is 0 Å². The van der Waals surface area contributed by atoms with E-state index in [1.54, 1.807) is 43.5 Å². The van der Waals surface area contributed by atoms with E-state index in [9.17, 15) is 8.42 Å². The fourth-order valence-corrected chi connectivity index (χ4v) is 4.83. The molecule has 0 amide bonds. The Morgan fingerprint density at radius 1 is 1.17 bits per heavy atom. The highest BCUT2D eigenvalue weighted by Crippen LogP contribution is 2.26. The summed E-state index contributed by atoms with van der Waals surface area (Å²) in [6, 6.07) is 14.2. The molecule has 3 rings (SSSR count). The lowest BCUT2D eigenvalue weighted by atomic mass is 10.2. The van der Waals surface area contributed by atoms with Gasteiger partial charge in [-0.1, -0.05) is 12.1 Å². The maximum absolute atomic E-state index is 12.5. The van der Waals surface area contributed by atoms with Crippen molar-refractivity contribution in [3.8, 4) is 0 Å². The Morgan fingerprint density at radius 2 is 1.88 bits per heavy atom. The molecule has 0 aliphatic carbocycles. The maximum Gasteiger partial charge on any atom is 0.263 e. The molecule has 128 valence electrons. The molecule has 1 aliphatic rings. The van der Waals surface area contributed by atoms with Gasteiger partial charge in [0.2, 0.25) is 0 Å². The van der Waals surface area contributed by atoms with Crippen molar-refractivity contribution >= 4 is 37.3 Å². The van der Waals surface area contributed by atoms with Crippen LogP contribution in [-0.2, 0) is 14.8 Å². The average Bonchev–Trinajstić information content (AvgIpc) is 3.04. The van der Waals surface area contributed by atoms with E-state index >= 15 is 0 Å². The van der Waals surface area contributed by atoms with Gasteiger partial charge >= 0.3 is 0 Å². The fourth-order valence-electron chi connectivity index (χ4n) is 2.77. The number of halogens is 1. The van der Waals surface area contributed by atoms with E-state index in [0.29, 0.717) is 10.2 Å². The second-order valence-electron chi connectivity index (χ2n) is 5.68. The van der Waals surface area contributed by atoms with Gasteiger partial charge in [-0.3, -0.25) is 4.72 Å². The molecule has 1 unspecified atom stereocenters. The van der Waals surface area contributed by atoms with Crippen molar-refractivity contribution in [2.75, 3.05) is 29.8 Å². The summed E-state index contributed by atoms with van der Waals surface area (Å²) in [5, 5.41) is 0. The Hall–Kier alpha value is -1.57. The quantitative estimate of drug-likeness (QED) is 0.819. The minimum Gasteiger partial charge on any atom is -0.380 e. The van der Waals surface area contributed by atoms with Crippen LogP contribution < -0.4 is 9.62 Å². The van der Waals surface area contributed by atoms with Gasteiger partial charge < -0.3 is 9.64 Å². The van der Waals surface area contributed by atoms with Crippen molar-refractivity contribution < 1.29 is 13.2 Å². The molecule has 1 heterocycles. The Balaban J connectivity index is 1.74. The summed E-state index contributed by atoms with van der Waals surface area (Å²) in [4.78, 5) is 2.46. The van der Waals surface area contributed by atoms with Crippen LogP contribution in [0.3, 0.4) is 0 Å². The predicted octanol–water partition coefficient (Wildman–Crippen LogP) is 3.48. The number of anilines is 2. The van der Waals surface area contributed by atoms with Crippen LogP contribution in [0.4, 0.5) is 11.4 Å². The van der Waals surface area contributed by atoms with Crippen LogP contribution in [0.1, 0.15) is 6.42 Å². The number of rotatable bonds is 5. The Bertz CT molecular complexity index is 809. The Labute approximate surface area is 150 Å². The van der Waals surface area contributed by atoms with Crippen molar-refractivity contribution in [2.24, 2.45) is 0 Å². The van der Waals surface area contributed by atoms with Gasteiger partial charge in [0.05, 0.1) is 6.10 Å². The van der Waals surface area contributed by atoms with Gasteiger partial charge in [-0.25, -0.2) is 8.42 Å². The van der Waals surface area contributed by atoms with E-state index in [4.69, 9.17) is 4.74 Å². The zero-order valence-electron chi connectivity index (χ0n) is 13.3. The standard InChI is InChI=1S/C17H19BrN2O3S/c1-23-15-10-11-20(12-15)14-8-6-13(7-9-14)19-24(21,22)17-5-3-2-4-16(17)18/h2-9,15,19H,10-12H2,1H3. The lowest BCUT2D eigenvalue weighted by Crippen LogP contribution is -2.22. The van der Waals surface area contributed by atoms with Gasteiger partial charge in [0.15, 0.2) is 0 Å². The zero-order valence-corrected chi connectivity index (χ0v) is 15.7. The molecule has 1 fully saturated rings. The van der Waals surface area contributed by atoms with Gasteiger partial charge in [0, 0.05) is 36.0 Å². The summed E-state index contributed by atoms with van der Waals surface area (Å²) < 4.78 is 33.5. The number of nitrogens with one attached hydrogen (secondary N) is 1. The van der Waals surface area contributed by atoms with Crippen LogP contribution >= 0.6 is 15.9 Å². The average molecular weight is 411 g/mol. The highest BCUT2D eigenvalue weighted by Gasteiger charge is 2.22. The van der Waals surface area contributed by atoms with Crippen LogP contribution in [0.5, 0.6) is 0 Å². The first-order valence-corrected chi connectivity index (χ1v) is 9.92. The second-order valence-corrected chi connectivity index (χ2v) is 8.18. The van der Waals surface area contributed by atoms with Gasteiger partial charge in [0.1, 0.15) is 4.90 Å². The van der Waals surface area contributed by atoms with E-state index in [2.05, 4.69) is 25.6 Å². The molecule has 2 aromatic rings. The third kappa shape index (κ3) is 3.74. The van der Waals surface area contributed by atoms with E-state index in [0.717, 1.165) is 25.2 Å². The number of methoxy groups -OCH3 is 1. The molecular formula is C17H19BrN2O3S. The predicted molar refractivity (Wildman–Crippen MR) is 99.0 cm³/mol. The SMILES string of the molecule is COC1CCN(c2ccc(NS(=O)(=O)c3ccccc3Br)cc2)C1. The summed E-state index contributed by atoms with van der Waals surface area (Å²) in [6.07, 6.45) is 1.27. The topological polar surface area (TPSA) is 58.6 Å². The number of nitrogens with zero attached hydrogens (tertiary/aromatic N) is 1. The molecule has 0 aromatic heterocycles. The molecule has 7 heteroatoms. The normalized spacial score (nSPS) is 17.9. The number of hydrogen-bond acceptors (Lipinski definition) is 4. The minimum absolute atomic E-state index is 0.219. The molecule has 1 atom stereocenters. The van der Waals surface area contributed by atoms with Crippen molar-refractivity contribution in [1.82, 2.24) is 0 Å². The van der Waals surface area contributed by atoms with Crippen LogP contribution in [0.25, 0.3) is 0 Å². The highest BCUT2D eigenvalue weighted by atomic mass is 79.9. The Morgan fingerprint density at radius 3 is 2.50 bits per heavy atom. The van der Waals surface area contributed by atoms with Crippen LogP contribution in [0, 0.1) is 0 Å². The monoisotopic (exact) mass is 410 g/mol. The molecule has 5 nitrogen and oxygen atoms in total. The van der Waals surface area contributed by atoms with Crippen molar-refractivity contribution in [2.45, 2.75) is 17.4 Å². The maximum atomic E-state index is 12.5. The van der Waals surface area contributed by atoms with E-state index < -0.39 is 10.0 Å². The molecule has 0 radical (unpaired) electrons. The molecule has 0 spiro atoms. The molecule has 1 N–H and O–H groups in total. The zero-order chi connectivity index (χ0) is 17.2. The van der Waals surface area contributed by atoms with Crippen molar-refractivity contribution in [3.63, 3.8) is 0 Å². The summed E-state index contributed by atoms with van der Waals surface area (Å²) in [6.45, 7) is 1.80. The lowest BCUT2D eigenvalue weighted by Gasteiger charge is -2.19. The number of ether oxygens (including phenoxy) is 1.